The molecule has 0 aliphatic carbocycles. The quantitative estimate of drug-likeness (QED) is 0.243. The first-order chi connectivity index (χ1) is 17.8. The van der Waals surface area contributed by atoms with E-state index < -0.39 is 0 Å². The summed E-state index contributed by atoms with van der Waals surface area (Å²) < 4.78 is 14.1. The number of aromatic nitrogens is 2. The molecule has 4 aromatic rings. The molecule has 1 atom stereocenters. The molecule has 3 aromatic carbocycles. The number of imidazole rings is 1. The third-order valence-corrected chi connectivity index (χ3v) is 6.58. The maximum absolute atomic E-state index is 12.7. The summed E-state index contributed by atoms with van der Waals surface area (Å²) in [6, 6.07) is 20.0. The van der Waals surface area contributed by atoms with Gasteiger partial charge in [-0.1, -0.05) is 42.5 Å². The Morgan fingerprint density at radius 1 is 0.919 bits per heavy atom. The molecule has 1 aromatic heterocycles. The number of hydrogen-bond acceptors (Lipinski definition) is 4. The van der Waals surface area contributed by atoms with Gasteiger partial charge in [-0.15, -0.1) is 0 Å². The number of carbonyl (C=O) groups excluding carboxylic acids is 1. The van der Waals surface area contributed by atoms with Crippen LogP contribution in [0.1, 0.15) is 53.9 Å². The highest BCUT2D eigenvalue weighted by Crippen LogP contribution is 2.24. The van der Waals surface area contributed by atoms with Crippen molar-refractivity contribution < 1.29 is 14.3 Å². The molecule has 1 unspecified atom stereocenters. The Labute approximate surface area is 219 Å². The zero-order valence-electron chi connectivity index (χ0n) is 22.5. The van der Waals surface area contributed by atoms with Gasteiger partial charge in [0.05, 0.1) is 23.7 Å². The Balaban J connectivity index is 1.37. The van der Waals surface area contributed by atoms with E-state index >= 15 is 0 Å². The predicted molar refractivity (Wildman–Crippen MR) is 148 cm³/mol. The molecule has 0 radical (unpaired) electrons. The van der Waals surface area contributed by atoms with Crippen molar-refractivity contribution >= 4 is 16.9 Å². The minimum absolute atomic E-state index is 0.0372. The summed E-state index contributed by atoms with van der Waals surface area (Å²) in [7, 11) is 0. The summed E-state index contributed by atoms with van der Waals surface area (Å²) in [5.41, 5.74) is 6.43. The van der Waals surface area contributed by atoms with Crippen LogP contribution >= 0.6 is 0 Å². The highest BCUT2D eigenvalue weighted by atomic mass is 16.5. The molecular formula is C31H37N3O3. The largest absolute Gasteiger partial charge is 0.493 e. The molecule has 0 spiro atoms. The molecule has 1 N–H and O–H groups in total. The number of nitrogens with one attached hydrogen (secondary N) is 1. The minimum atomic E-state index is -0.257. The lowest BCUT2D eigenvalue weighted by atomic mass is 10.1. The molecule has 0 saturated carbocycles. The molecular weight excluding hydrogens is 462 g/mol. The molecule has 0 aliphatic heterocycles. The first-order valence-corrected chi connectivity index (χ1v) is 13.0. The van der Waals surface area contributed by atoms with E-state index in [4.69, 9.17) is 14.5 Å². The number of rotatable bonds is 11. The molecule has 6 nitrogen and oxygen atoms in total. The van der Waals surface area contributed by atoms with Crippen molar-refractivity contribution in [3.8, 4) is 11.5 Å². The van der Waals surface area contributed by atoms with Crippen molar-refractivity contribution in [2.75, 3.05) is 13.2 Å². The van der Waals surface area contributed by atoms with E-state index in [9.17, 15) is 4.79 Å². The Kier molecular flexibility index (Phi) is 8.49. The van der Waals surface area contributed by atoms with Crippen molar-refractivity contribution in [1.29, 1.82) is 0 Å². The van der Waals surface area contributed by atoms with Gasteiger partial charge in [-0.05, 0) is 87.9 Å². The van der Waals surface area contributed by atoms with Crippen molar-refractivity contribution in [2.24, 2.45) is 0 Å². The SMILES string of the molecule is Cc1ccc(C)c(OCC(=O)NC(C)c2nc3ccccc3n2CCCCOc2c(C)cccc2C)c1. The van der Waals surface area contributed by atoms with Crippen LogP contribution in [-0.4, -0.2) is 28.7 Å². The molecule has 4 rings (SSSR count). The maximum Gasteiger partial charge on any atom is 0.258 e. The second-order valence-corrected chi connectivity index (χ2v) is 9.73. The molecule has 0 aliphatic rings. The standard InChI is InChI=1S/C31H37N3O3/c1-21-15-16-22(2)28(19-21)37-20-29(35)32-25(5)31-33-26-13-6-7-14-27(26)34(31)17-8-9-18-36-30-23(3)11-10-12-24(30)4/h6-7,10-16,19,25H,8-9,17-18,20H2,1-5H3,(H,32,35). The maximum atomic E-state index is 12.7. The van der Waals surface area contributed by atoms with E-state index in [1.807, 2.05) is 57.2 Å². The molecule has 1 amide bonds. The van der Waals surface area contributed by atoms with Crippen molar-refractivity contribution in [2.45, 2.75) is 60.0 Å². The number of ether oxygens (including phenoxy) is 2. The molecule has 1 heterocycles. The lowest BCUT2D eigenvalue weighted by Gasteiger charge is -2.17. The van der Waals surface area contributed by atoms with Gasteiger partial charge in [-0.3, -0.25) is 4.79 Å². The average molecular weight is 500 g/mol. The molecule has 37 heavy (non-hydrogen) atoms. The number of fused-ring (bicyclic) bond motifs is 1. The van der Waals surface area contributed by atoms with Crippen LogP contribution in [0.25, 0.3) is 11.0 Å². The van der Waals surface area contributed by atoms with Gasteiger partial charge < -0.3 is 19.4 Å². The van der Waals surface area contributed by atoms with Crippen molar-refractivity contribution in [1.82, 2.24) is 14.9 Å². The highest BCUT2D eigenvalue weighted by Gasteiger charge is 2.19. The van der Waals surface area contributed by atoms with Gasteiger partial charge in [0.2, 0.25) is 0 Å². The van der Waals surface area contributed by atoms with E-state index in [2.05, 4.69) is 48.0 Å². The summed E-state index contributed by atoms with van der Waals surface area (Å²) in [4.78, 5) is 17.6. The Bertz CT molecular complexity index is 1360. The zero-order valence-corrected chi connectivity index (χ0v) is 22.5. The lowest BCUT2D eigenvalue weighted by Crippen LogP contribution is -2.32. The van der Waals surface area contributed by atoms with E-state index in [1.54, 1.807) is 0 Å². The number of hydrogen-bond donors (Lipinski definition) is 1. The highest BCUT2D eigenvalue weighted by molar-refractivity contribution is 5.79. The molecule has 194 valence electrons. The van der Waals surface area contributed by atoms with Crippen LogP contribution in [0.15, 0.2) is 60.7 Å². The number of carbonyl (C=O) groups is 1. The summed E-state index contributed by atoms with van der Waals surface area (Å²) >= 11 is 0. The topological polar surface area (TPSA) is 65.4 Å². The average Bonchev–Trinajstić information content (AvgIpc) is 3.24. The van der Waals surface area contributed by atoms with Crippen LogP contribution in [0.3, 0.4) is 0 Å². The van der Waals surface area contributed by atoms with E-state index in [0.717, 1.165) is 70.0 Å². The van der Waals surface area contributed by atoms with Gasteiger partial charge in [0.1, 0.15) is 17.3 Å². The summed E-state index contributed by atoms with van der Waals surface area (Å²) in [6.45, 7) is 11.5. The number of aryl methyl sites for hydroxylation is 5. The smallest absolute Gasteiger partial charge is 0.258 e. The van der Waals surface area contributed by atoms with Gasteiger partial charge in [0.15, 0.2) is 6.61 Å². The van der Waals surface area contributed by atoms with Gasteiger partial charge >= 0.3 is 0 Å². The summed E-state index contributed by atoms with van der Waals surface area (Å²) in [5.74, 6) is 2.39. The van der Waals surface area contributed by atoms with Gasteiger partial charge in [0, 0.05) is 6.54 Å². The monoisotopic (exact) mass is 499 g/mol. The van der Waals surface area contributed by atoms with Crippen LogP contribution in [0, 0.1) is 27.7 Å². The normalized spacial score (nSPS) is 11.9. The minimum Gasteiger partial charge on any atom is -0.493 e. The fourth-order valence-electron chi connectivity index (χ4n) is 4.59. The van der Waals surface area contributed by atoms with Gasteiger partial charge in [0.25, 0.3) is 5.91 Å². The zero-order chi connectivity index (χ0) is 26.4. The number of nitrogens with zero attached hydrogens (tertiary/aromatic N) is 2. The Hall–Kier alpha value is -3.80. The number of unbranched alkanes of at least 4 members (excludes halogenated alkanes) is 1. The second-order valence-electron chi connectivity index (χ2n) is 9.73. The van der Waals surface area contributed by atoms with E-state index in [-0.39, 0.29) is 18.6 Å². The Morgan fingerprint density at radius 2 is 1.68 bits per heavy atom. The fourth-order valence-corrected chi connectivity index (χ4v) is 4.59. The molecule has 0 fully saturated rings. The third kappa shape index (κ3) is 6.50. The predicted octanol–water partition coefficient (Wildman–Crippen LogP) is 6.39. The number of benzene rings is 3. The van der Waals surface area contributed by atoms with E-state index in [1.165, 1.54) is 0 Å². The lowest BCUT2D eigenvalue weighted by molar-refractivity contribution is -0.123. The fraction of sp³-hybridized carbons (Fsp3) is 0.355. The van der Waals surface area contributed by atoms with Gasteiger partial charge in [-0.25, -0.2) is 4.98 Å². The number of para-hydroxylation sites is 3. The first kappa shape index (κ1) is 26.3. The van der Waals surface area contributed by atoms with Crippen molar-refractivity contribution in [3.63, 3.8) is 0 Å². The van der Waals surface area contributed by atoms with Crippen molar-refractivity contribution in [3.05, 3.63) is 88.7 Å². The van der Waals surface area contributed by atoms with E-state index in [0.29, 0.717) is 6.61 Å². The summed E-state index contributed by atoms with van der Waals surface area (Å²) in [6.07, 6.45) is 1.86. The number of amides is 1. The molecule has 0 bridgehead atoms. The van der Waals surface area contributed by atoms with Gasteiger partial charge in [-0.2, -0.15) is 0 Å². The van der Waals surface area contributed by atoms with Crippen LogP contribution in [-0.2, 0) is 11.3 Å². The third-order valence-electron chi connectivity index (χ3n) is 6.58. The Morgan fingerprint density at radius 3 is 2.46 bits per heavy atom. The first-order valence-electron chi connectivity index (χ1n) is 13.0. The van der Waals surface area contributed by atoms with Crippen LogP contribution < -0.4 is 14.8 Å². The van der Waals surface area contributed by atoms with Crippen LogP contribution in [0.5, 0.6) is 11.5 Å². The molecule has 6 heteroatoms. The van der Waals surface area contributed by atoms with Crippen LogP contribution in [0.2, 0.25) is 0 Å². The van der Waals surface area contributed by atoms with Crippen LogP contribution in [0.4, 0.5) is 0 Å². The molecule has 0 saturated heterocycles. The second kappa shape index (κ2) is 12.0. The summed E-state index contributed by atoms with van der Waals surface area (Å²) in [5, 5.41) is 3.07.